The summed E-state index contributed by atoms with van der Waals surface area (Å²) in [6, 6.07) is 0. The molecular formula is C10H14N4O3. The Morgan fingerprint density at radius 3 is 2.65 bits per heavy atom. The van der Waals surface area contributed by atoms with Crippen molar-refractivity contribution in [3.8, 4) is 0 Å². The third-order valence-corrected chi connectivity index (χ3v) is 3.02. The van der Waals surface area contributed by atoms with Gasteiger partial charge in [0.25, 0.3) is 0 Å². The summed E-state index contributed by atoms with van der Waals surface area (Å²) in [7, 11) is 0. The lowest BCUT2D eigenvalue weighted by Crippen LogP contribution is -2.53. The van der Waals surface area contributed by atoms with E-state index < -0.39 is 11.5 Å². The third kappa shape index (κ3) is 2.43. The Morgan fingerprint density at radius 1 is 1.41 bits per heavy atom. The SMILES string of the molecule is O=C(Cn1cncn1)NC1(C(=O)O)CCCC1. The summed E-state index contributed by atoms with van der Waals surface area (Å²) in [5.41, 5.74) is -1.09. The molecule has 1 aliphatic rings. The quantitative estimate of drug-likeness (QED) is 0.756. The van der Waals surface area contributed by atoms with Crippen molar-refractivity contribution in [3.63, 3.8) is 0 Å². The average Bonchev–Trinajstić information content (AvgIpc) is 2.89. The van der Waals surface area contributed by atoms with Crippen molar-refractivity contribution in [2.45, 2.75) is 37.8 Å². The second kappa shape index (κ2) is 4.52. The molecule has 1 saturated carbocycles. The molecule has 1 aliphatic carbocycles. The Bertz CT molecular complexity index is 409. The van der Waals surface area contributed by atoms with E-state index in [1.807, 2.05) is 0 Å². The van der Waals surface area contributed by atoms with Gasteiger partial charge >= 0.3 is 5.97 Å². The number of carboxylic acid groups (broad SMARTS) is 1. The van der Waals surface area contributed by atoms with Crippen molar-refractivity contribution in [2.24, 2.45) is 0 Å². The molecule has 0 spiro atoms. The first-order valence-corrected chi connectivity index (χ1v) is 5.49. The molecule has 0 unspecified atom stereocenters. The van der Waals surface area contributed by atoms with Crippen molar-refractivity contribution in [3.05, 3.63) is 12.7 Å². The number of carboxylic acids is 1. The van der Waals surface area contributed by atoms with E-state index in [0.717, 1.165) is 12.8 Å². The molecule has 92 valence electrons. The number of carbonyl (C=O) groups excluding carboxylic acids is 1. The number of hydrogen-bond acceptors (Lipinski definition) is 4. The van der Waals surface area contributed by atoms with Crippen LogP contribution < -0.4 is 5.32 Å². The number of amides is 1. The fourth-order valence-corrected chi connectivity index (χ4v) is 2.14. The Labute approximate surface area is 97.8 Å². The van der Waals surface area contributed by atoms with Gasteiger partial charge in [-0.3, -0.25) is 4.79 Å². The molecule has 0 aromatic carbocycles. The minimum atomic E-state index is -1.09. The largest absolute Gasteiger partial charge is 0.480 e. The van der Waals surface area contributed by atoms with Gasteiger partial charge in [0.15, 0.2) is 0 Å². The fraction of sp³-hybridized carbons (Fsp3) is 0.600. The summed E-state index contributed by atoms with van der Waals surface area (Å²) in [6.45, 7) is -0.00493. The summed E-state index contributed by atoms with van der Waals surface area (Å²) >= 11 is 0. The van der Waals surface area contributed by atoms with Gasteiger partial charge in [-0.1, -0.05) is 12.8 Å². The molecule has 0 aliphatic heterocycles. The van der Waals surface area contributed by atoms with Crippen molar-refractivity contribution >= 4 is 11.9 Å². The van der Waals surface area contributed by atoms with Crippen LogP contribution in [0.1, 0.15) is 25.7 Å². The highest BCUT2D eigenvalue weighted by atomic mass is 16.4. The number of nitrogens with zero attached hydrogens (tertiary/aromatic N) is 3. The highest BCUT2D eigenvalue weighted by molar-refractivity contribution is 5.87. The van der Waals surface area contributed by atoms with Crippen molar-refractivity contribution in [2.75, 3.05) is 0 Å². The predicted octanol–water partition coefficient (Wildman–Crippen LogP) is -0.208. The van der Waals surface area contributed by atoms with Gasteiger partial charge in [0.1, 0.15) is 24.7 Å². The van der Waals surface area contributed by atoms with E-state index in [4.69, 9.17) is 0 Å². The molecule has 17 heavy (non-hydrogen) atoms. The monoisotopic (exact) mass is 238 g/mol. The minimum absolute atomic E-state index is 0.00493. The summed E-state index contributed by atoms with van der Waals surface area (Å²) in [5.74, 6) is -1.30. The maximum Gasteiger partial charge on any atom is 0.329 e. The lowest BCUT2D eigenvalue weighted by Gasteiger charge is -2.25. The summed E-state index contributed by atoms with van der Waals surface area (Å²) in [4.78, 5) is 26.6. The second-order valence-electron chi connectivity index (χ2n) is 4.24. The number of nitrogens with one attached hydrogen (secondary N) is 1. The number of aromatic nitrogens is 3. The zero-order valence-electron chi connectivity index (χ0n) is 9.30. The molecule has 2 N–H and O–H groups in total. The number of rotatable bonds is 4. The van der Waals surface area contributed by atoms with E-state index >= 15 is 0 Å². The predicted molar refractivity (Wildman–Crippen MR) is 57.0 cm³/mol. The van der Waals surface area contributed by atoms with Gasteiger partial charge in [-0.15, -0.1) is 0 Å². The van der Waals surface area contributed by atoms with E-state index in [1.54, 1.807) is 0 Å². The molecule has 1 fully saturated rings. The van der Waals surface area contributed by atoms with E-state index in [1.165, 1.54) is 17.3 Å². The van der Waals surface area contributed by atoms with Crippen LogP contribution in [0.25, 0.3) is 0 Å². The van der Waals surface area contributed by atoms with Gasteiger partial charge in [0.2, 0.25) is 5.91 Å². The smallest absolute Gasteiger partial charge is 0.329 e. The first kappa shape index (κ1) is 11.6. The minimum Gasteiger partial charge on any atom is -0.480 e. The van der Waals surface area contributed by atoms with Crippen LogP contribution in [0.15, 0.2) is 12.7 Å². The third-order valence-electron chi connectivity index (χ3n) is 3.02. The number of aliphatic carboxylic acids is 1. The van der Waals surface area contributed by atoms with E-state index in [-0.39, 0.29) is 12.5 Å². The molecular weight excluding hydrogens is 224 g/mol. The zero-order valence-corrected chi connectivity index (χ0v) is 9.30. The molecule has 7 heteroatoms. The maximum absolute atomic E-state index is 11.7. The van der Waals surface area contributed by atoms with Gasteiger partial charge in [-0.2, -0.15) is 5.10 Å². The molecule has 0 atom stereocenters. The van der Waals surface area contributed by atoms with Crippen LogP contribution in [0.5, 0.6) is 0 Å². The van der Waals surface area contributed by atoms with Crippen LogP contribution in [0.3, 0.4) is 0 Å². The van der Waals surface area contributed by atoms with E-state index in [2.05, 4.69) is 15.4 Å². The van der Waals surface area contributed by atoms with Gasteiger partial charge in [-0.05, 0) is 12.8 Å². The highest BCUT2D eigenvalue weighted by Crippen LogP contribution is 2.29. The van der Waals surface area contributed by atoms with Crippen molar-refractivity contribution in [1.82, 2.24) is 20.1 Å². The average molecular weight is 238 g/mol. The molecule has 0 bridgehead atoms. The number of carbonyl (C=O) groups is 2. The molecule has 0 saturated heterocycles. The molecule has 1 aromatic heterocycles. The van der Waals surface area contributed by atoms with Gasteiger partial charge in [0, 0.05) is 0 Å². The Kier molecular flexibility index (Phi) is 3.08. The molecule has 1 aromatic rings. The van der Waals surface area contributed by atoms with Crippen molar-refractivity contribution < 1.29 is 14.7 Å². The summed E-state index contributed by atoms with van der Waals surface area (Å²) in [6.07, 6.45) is 5.39. The van der Waals surface area contributed by atoms with Gasteiger partial charge < -0.3 is 10.4 Å². The molecule has 1 amide bonds. The first-order valence-electron chi connectivity index (χ1n) is 5.49. The zero-order chi connectivity index (χ0) is 12.3. The normalized spacial score (nSPS) is 17.9. The van der Waals surface area contributed by atoms with Crippen LogP contribution in [0, 0.1) is 0 Å². The Balaban J connectivity index is 1.99. The van der Waals surface area contributed by atoms with Crippen molar-refractivity contribution in [1.29, 1.82) is 0 Å². The Hall–Kier alpha value is -1.92. The lowest BCUT2D eigenvalue weighted by atomic mass is 9.98. The summed E-state index contributed by atoms with van der Waals surface area (Å²) < 4.78 is 1.36. The standard InChI is InChI=1S/C10H14N4O3/c15-8(5-14-7-11-6-12-14)13-10(9(16)17)3-1-2-4-10/h6-7H,1-5H2,(H,13,15)(H,16,17). The molecule has 1 heterocycles. The van der Waals surface area contributed by atoms with E-state index in [9.17, 15) is 14.7 Å². The summed E-state index contributed by atoms with van der Waals surface area (Å²) in [5, 5.41) is 15.6. The number of hydrogen-bond donors (Lipinski definition) is 2. The first-order chi connectivity index (χ1) is 8.12. The van der Waals surface area contributed by atoms with E-state index in [0.29, 0.717) is 12.8 Å². The van der Waals surface area contributed by atoms with Crippen LogP contribution in [0.2, 0.25) is 0 Å². The maximum atomic E-state index is 11.7. The van der Waals surface area contributed by atoms with Crippen LogP contribution in [0.4, 0.5) is 0 Å². The van der Waals surface area contributed by atoms with Crippen LogP contribution in [-0.4, -0.2) is 37.3 Å². The van der Waals surface area contributed by atoms with Gasteiger partial charge in [0.05, 0.1) is 0 Å². The van der Waals surface area contributed by atoms with Crippen LogP contribution in [-0.2, 0) is 16.1 Å². The molecule has 7 nitrogen and oxygen atoms in total. The van der Waals surface area contributed by atoms with Gasteiger partial charge in [-0.25, -0.2) is 14.5 Å². The molecule has 0 radical (unpaired) electrons. The topological polar surface area (TPSA) is 97.1 Å². The lowest BCUT2D eigenvalue weighted by molar-refractivity contribution is -0.147. The highest BCUT2D eigenvalue weighted by Gasteiger charge is 2.42. The van der Waals surface area contributed by atoms with Crippen LogP contribution >= 0.6 is 0 Å². The Morgan fingerprint density at radius 2 is 2.12 bits per heavy atom. The second-order valence-corrected chi connectivity index (χ2v) is 4.24. The molecule has 2 rings (SSSR count). The fourth-order valence-electron chi connectivity index (χ4n) is 2.14.